The molecule has 0 spiro atoms. The number of halogens is 1. The Kier molecular flexibility index (Phi) is 5.69. The molecule has 136 valence electrons. The number of benzene rings is 2. The van der Waals surface area contributed by atoms with Crippen LogP contribution in [0.15, 0.2) is 66.3 Å². The maximum Gasteiger partial charge on any atom is 0.270 e. The van der Waals surface area contributed by atoms with Crippen molar-refractivity contribution in [3.63, 3.8) is 0 Å². The van der Waals surface area contributed by atoms with Crippen LogP contribution in [0.25, 0.3) is 6.08 Å². The van der Waals surface area contributed by atoms with E-state index in [0.29, 0.717) is 10.7 Å². The maximum atomic E-state index is 12.8. The third kappa shape index (κ3) is 4.07. The Morgan fingerprint density at radius 2 is 1.81 bits per heavy atom. The molecular weight excluding hydrogens is 384 g/mol. The lowest BCUT2D eigenvalue weighted by Crippen LogP contribution is -2.54. The number of rotatable bonds is 4. The number of allylic oxidation sites excluding steroid dienone is 2. The van der Waals surface area contributed by atoms with Crippen molar-refractivity contribution in [3.8, 4) is 5.75 Å². The molecule has 0 bridgehead atoms. The van der Waals surface area contributed by atoms with Gasteiger partial charge in [-0.1, -0.05) is 48.0 Å². The first kappa shape index (κ1) is 18.8. The predicted molar refractivity (Wildman–Crippen MR) is 110 cm³/mol. The zero-order valence-electron chi connectivity index (χ0n) is 14.3. The van der Waals surface area contributed by atoms with Gasteiger partial charge in [0.05, 0.1) is 17.8 Å². The number of amides is 2. The minimum atomic E-state index is -0.548. The first-order valence-electron chi connectivity index (χ1n) is 7.98. The predicted octanol–water partition coefficient (Wildman–Crippen LogP) is 3.74. The number of carbonyl (C=O) groups excluding carboxylic acids is 2. The third-order valence-electron chi connectivity index (χ3n) is 3.86. The first-order valence-corrected chi connectivity index (χ1v) is 8.76. The minimum Gasteiger partial charge on any atom is -0.497 e. The van der Waals surface area contributed by atoms with E-state index in [1.165, 1.54) is 11.0 Å². The summed E-state index contributed by atoms with van der Waals surface area (Å²) in [5.41, 5.74) is 1.28. The van der Waals surface area contributed by atoms with Crippen molar-refractivity contribution in [1.82, 2.24) is 5.32 Å². The standard InChI is InChI=1S/C20H15ClN2O3S/c1-26-14-11-9-13(10-12-14)5-4-6-15-18(24)22-20(27)23(19(15)25)17-8-3-2-7-16(17)21/h2-12H,1H3,(H,22,24,27)/b5-4+,15-6+. The first-order chi connectivity index (χ1) is 13.0. The van der Waals surface area contributed by atoms with E-state index >= 15 is 0 Å². The van der Waals surface area contributed by atoms with Crippen LogP contribution in [0.5, 0.6) is 5.75 Å². The summed E-state index contributed by atoms with van der Waals surface area (Å²) in [5, 5.41) is 2.87. The number of anilines is 1. The molecule has 0 radical (unpaired) electrons. The van der Waals surface area contributed by atoms with Gasteiger partial charge in [0.1, 0.15) is 11.3 Å². The van der Waals surface area contributed by atoms with E-state index in [2.05, 4.69) is 5.32 Å². The van der Waals surface area contributed by atoms with Crippen molar-refractivity contribution in [3.05, 3.63) is 76.8 Å². The van der Waals surface area contributed by atoms with Crippen LogP contribution >= 0.6 is 23.8 Å². The Morgan fingerprint density at radius 1 is 1.11 bits per heavy atom. The highest BCUT2D eigenvalue weighted by Gasteiger charge is 2.34. The molecule has 3 rings (SSSR count). The van der Waals surface area contributed by atoms with Crippen LogP contribution in [0.4, 0.5) is 5.69 Å². The molecule has 2 amide bonds. The third-order valence-corrected chi connectivity index (χ3v) is 4.47. The van der Waals surface area contributed by atoms with E-state index in [4.69, 9.17) is 28.6 Å². The number of methoxy groups -OCH3 is 1. The topological polar surface area (TPSA) is 58.6 Å². The van der Waals surface area contributed by atoms with Crippen LogP contribution in [0.1, 0.15) is 5.56 Å². The molecule has 1 N–H and O–H groups in total. The van der Waals surface area contributed by atoms with Crippen molar-refractivity contribution in [2.24, 2.45) is 0 Å². The van der Waals surface area contributed by atoms with Gasteiger partial charge in [-0.2, -0.15) is 0 Å². The van der Waals surface area contributed by atoms with Gasteiger partial charge in [-0.25, -0.2) is 0 Å². The summed E-state index contributed by atoms with van der Waals surface area (Å²) in [6.07, 6.45) is 4.86. The van der Waals surface area contributed by atoms with E-state index in [9.17, 15) is 9.59 Å². The van der Waals surface area contributed by atoms with Crippen molar-refractivity contribution in [2.45, 2.75) is 0 Å². The van der Waals surface area contributed by atoms with Gasteiger partial charge in [-0.15, -0.1) is 0 Å². The Balaban J connectivity index is 1.87. The zero-order valence-corrected chi connectivity index (χ0v) is 15.9. The van der Waals surface area contributed by atoms with Gasteiger partial charge in [0.2, 0.25) is 0 Å². The van der Waals surface area contributed by atoms with Crippen LogP contribution in [0, 0.1) is 0 Å². The average molecular weight is 399 g/mol. The van der Waals surface area contributed by atoms with Gasteiger partial charge in [0.15, 0.2) is 5.11 Å². The molecule has 7 heteroatoms. The van der Waals surface area contributed by atoms with E-state index in [1.54, 1.807) is 43.5 Å². The highest BCUT2D eigenvalue weighted by molar-refractivity contribution is 7.80. The quantitative estimate of drug-likeness (QED) is 0.484. The van der Waals surface area contributed by atoms with Crippen LogP contribution in [-0.2, 0) is 9.59 Å². The van der Waals surface area contributed by atoms with Crippen molar-refractivity contribution in [1.29, 1.82) is 0 Å². The van der Waals surface area contributed by atoms with Gasteiger partial charge in [-0.05, 0) is 48.1 Å². The Labute approximate surface area is 166 Å². The number of carbonyl (C=O) groups is 2. The fourth-order valence-corrected chi connectivity index (χ4v) is 2.99. The Bertz CT molecular complexity index is 967. The molecule has 1 aliphatic heterocycles. The largest absolute Gasteiger partial charge is 0.497 e. The summed E-state index contributed by atoms with van der Waals surface area (Å²) in [7, 11) is 1.59. The lowest BCUT2D eigenvalue weighted by Gasteiger charge is -2.29. The normalized spacial score (nSPS) is 16.1. The van der Waals surface area contributed by atoms with E-state index < -0.39 is 11.8 Å². The number of nitrogens with zero attached hydrogens (tertiary/aromatic N) is 1. The zero-order chi connectivity index (χ0) is 19.4. The molecule has 1 heterocycles. The number of para-hydroxylation sites is 1. The van der Waals surface area contributed by atoms with E-state index in [-0.39, 0.29) is 10.7 Å². The molecule has 5 nitrogen and oxygen atoms in total. The van der Waals surface area contributed by atoms with E-state index in [1.807, 2.05) is 24.3 Å². The van der Waals surface area contributed by atoms with Crippen molar-refractivity contribution >= 4 is 52.5 Å². The Morgan fingerprint density at radius 3 is 2.48 bits per heavy atom. The van der Waals surface area contributed by atoms with Gasteiger partial charge in [0, 0.05) is 0 Å². The second kappa shape index (κ2) is 8.16. The molecule has 1 aliphatic rings. The summed E-state index contributed by atoms with van der Waals surface area (Å²) < 4.78 is 5.11. The molecule has 27 heavy (non-hydrogen) atoms. The molecule has 0 aliphatic carbocycles. The number of nitrogens with one attached hydrogen (secondary N) is 1. The molecular formula is C20H15ClN2O3S. The van der Waals surface area contributed by atoms with E-state index in [0.717, 1.165) is 11.3 Å². The number of hydrogen-bond acceptors (Lipinski definition) is 4. The Hall–Kier alpha value is -2.96. The highest BCUT2D eigenvalue weighted by atomic mass is 35.5. The van der Waals surface area contributed by atoms with Gasteiger partial charge >= 0.3 is 0 Å². The molecule has 1 fully saturated rings. The smallest absolute Gasteiger partial charge is 0.270 e. The lowest BCUT2D eigenvalue weighted by atomic mass is 10.1. The monoisotopic (exact) mass is 398 g/mol. The number of thiocarbonyl (C=S) groups is 1. The lowest BCUT2D eigenvalue weighted by molar-refractivity contribution is -0.122. The summed E-state index contributed by atoms with van der Waals surface area (Å²) in [6.45, 7) is 0. The average Bonchev–Trinajstić information content (AvgIpc) is 2.66. The number of hydrogen-bond donors (Lipinski definition) is 1. The summed E-state index contributed by atoms with van der Waals surface area (Å²) >= 11 is 11.3. The molecule has 2 aromatic rings. The van der Waals surface area contributed by atoms with Crippen LogP contribution < -0.4 is 15.0 Å². The van der Waals surface area contributed by atoms with Gasteiger partial charge in [0.25, 0.3) is 11.8 Å². The van der Waals surface area contributed by atoms with Gasteiger partial charge in [-0.3, -0.25) is 19.8 Å². The summed E-state index contributed by atoms with van der Waals surface area (Å²) in [4.78, 5) is 26.2. The van der Waals surface area contributed by atoms with Crippen LogP contribution in [0.2, 0.25) is 5.02 Å². The van der Waals surface area contributed by atoms with Crippen molar-refractivity contribution < 1.29 is 14.3 Å². The molecule has 0 atom stereocenters. The molecule has 0 unspecified atom stereocenters. The second-order valence-electron chi connectivity index (χ2n) is 5.56. The molecule has 2 aromatic carbocycles. The fourth-order valence-electron chi connectivity index (χ4n) is 2.50. The fraction of sp³-hybridized carbons (Fsp3) is 0.0500. The minimum absolute atomic E-state index is 0.00520. The SMILES string of the molecule is COc1ccc(/C=C/C=C2\C(=O)NC(=S)N(c3ccccc3Cl)C2=O)cc1. The number of ether oxygens (including phenoxy) is 1. The maximum absolute atomic E-state index is 12.8. The van der Waals surface area contributed by atoms with Crippen molar-refractivity contribution in [2.75, 3.05) is 12.0 Å². The van der Waals surface area contributed by atoms with Crippen LogP contribution in [-0.4, -0.2) is 24.0 Å². The molecule has 1 saturated heterocycles. The molecule has 0 aromatic heterocycles. The summed E-state index contributed by atoms with van der Waals surface area (Å²) in [5.74, 6) is -0.333. The van der Waals surface area contributed by atoms with Crippen LogP contribution in [0.3, 0.4) is 0 Å². The highest BCUT2D eigenvalue weighted by Crippen LogP contribution is 2.28. The van der Waals surface area contributed by atoms with Gasteiger partial charge < -0.3 is 4.74 Å². The summed E-state index contributed by atoms with van der Waals surface area (Å²) in [6, 6.07) is 14.2. The molecule has 0 saturated carbocycles. The second-order valence-corrected chi connectivity index (χ2v) is 6.36.